The van der Waals surface area contributed by atoms with E-state index < -0.39 is 22.0 Å². The molecule has 0 atom stereocenters. The average molecular weight is 531 g/mol. The van der Waals surface area contributed by atoms with Crippen molar-refractivity contribution >= 4 is 27.8 Å². The Kier molecular flexibility index (Phi) is 8.40. The third kappa shape index (κ3) is 6.56. The summed E-state index contributed by atoms with van der Waals surface area (Å²) < 4.78 is 34.2. The number of ether oxygens (including phenoxy) is 1. The number of hydrogen-bond donors (Lipinski definition) is 1. The first-order valence-electron chi connectivity index (χ1n) is 12.1. The van der Waals surface area contributed by atoms with Crippen LogP contribution in [0.5, 0.6) is 5.75 Å². The van der Waals surface area contributed by atoms with E-state index in [2.05, 4.69) is 5.32 Å². The third-order valence-corrected chi connectivity index (χ3v) is 7.48. The standard InChI is InChI=1S/C29H30N4O4S/c1-22(2)32(38(35,36)19-18-23-10-6-4-7-11-23)21-29(34)30-28-20-27(24-12-8-5-9-13-24)31-33(28)25-14-16-26(37-3)17-15-25/h4-20,22H,21H2,1-3H3,(H,30,34). The number of anilines is 1. The van der Waals surface area contributed by atoms with E-state index >= 15 is 0 Å². The van der Waals surface area contributed by atoms with Crippen LogP contribution in [0, 0.1) is 0 Å². The molecule has 0 aliphatic rings. The van der Waals surface area contributed by atoms with Gasteiger partial charge in [-0.2, -0.15) is 9.40 Å². The van der Waals surface area contributed by atoms with Crippen LogP contribution in [0.2, 0.25) is 0 Å². The molecule has 38 heavy (non-hydrogen) atoms. The summed E-state index contributed by atoms with van der Waals surface area (Å²) in [6.07, 6.45) is 1.52. The molecule has 1 aromatic heterocycles. The zero-order valence-electron chi connectivity index (χ0n) is 21.5. The van der Waals surface area contributed by atoms with Gasteiger partial charge in [-0.05, 0) is 49.8 Å². The van der Waals surface area contributed by atoms with Gasteiger partial charge in [0.1, 0.15) is 11.6 Å². The Hall–Kier alpha value is -4.21. The first-order valence-corrected chi connectivity index (χ1v) is 13.6. The van der Waals surface area contributed by atoms with Crippen molar-refractivity contribution in [1.82, 2.24) is 14.1 Å². The SMILES string of the molecule is COc1ccc(-n2nc(-c3ccccc3)cc2NC(=O)CN(C(C)C)S(=O)(=O)C=Cc2ccccc2)cc1. The van der Waals surface area contributed by atoms with Gasteiger partial charge in [0.25, 0.3) is 0 Å². The van der Waals surface area contributed by atoms with Crippen molar-refractivity contribution in [2.75, 3.05) is 19.0 Å². The number of carbonyl (C=O) groups is 1. The number of nitrogens with zero attached hydrogens (tertiary/aromatic N) is 3. The Morgan fingerprint density at radius 1 is 1.00 bits per heavy atom. The van der Waals surface area contributed by atoms with Gasteiger partial charge in [0.15, 0.2) is 0 Å². The fourth-order valence-electron chi connectivity index (χ4n) is 3.84. The Balaban J connectivity index is 1.60. The van der Waals surface area contributed by atoms with Crippen LogP contribution in [0.3, 0.4) is 0 Å². The highest BCUT2D eigenvalue weighted by Gasteiger charge is 2.26. The molecule has 4 aromatic rings. The quantitative estimate of drug-likeness (QED) is 0.304. The van der Waals surface area contributed by atoms with Crippen molar-refractivity contribution in [3.8, 4) is 22.7 Å². The molecule has 0 saturated heterocycles. The van der Waals surface area contributed by atoms with Crippen LogP contribution < -0.4 is 10.1 Å². The van der Waals surface area contributed by atoms with Crippen molar-refractivity contribution < 1.29 is 17.9 Å². The molecule has 4 rings (SSSR count). The molecule has 0 radical (unpaired) electrons. The maximum atomic E-state index is 13.2. The zero-order valence-corrected chi connectivity index (χ0v) is 22.3. The Bertz CT molecular complexity index is 1500. The topological polar surface area (TPSA) is 93.5 Å². The highest BCUT2D eigenvalue weighted by atomic mass is 32.2. The van der Waals surface area contributed by atoms with E-state index in [-0.39, 0.29) is 6.54 Å². The van der Waals surface area contributed by atoms with Crippen LogP contribution in [-0.2, 0) is 14.8 Å². The minimum absolute atomic E-state index is 0.354. The second-order valence-electron chi connectivity index (χ2n) is 8.84. The molecule has 8 nitrogen and oxygen atoms in total. The molecule has 9 heteroatoms. The number of benzene rings is 3. The summed E-state index contributed by atoms with van der Waals surface area (Å²) in [6, 6.07) is 27.3. The fraction of sp³-hybridized carbons (Fsp3) is 0.172. The number of amides is 1. The number of carbonyl (C=O) groups excluding carboxylic acids is 1. The second-order valence-corrected chi connectivity index (χ2v) is 10.6. The van der Waals surface area contributed by atoms with E-state index in [0.717, 1.165) is 20.8 Å². The van der Waals surface area contributed by atoms with Gasteiger partial charge >= 0.3 is 0 Å². The molecule has 196 valence electrons. The van der Waals surface area contributed by atoms with Crippen LogP contribution in [0.1, 0.15) is 19.4 Å². The molecule has 0 unspecified atom stereocenters. The molecule has 0 bridgehead atoms. The van der Waals surface area contributed by atoms with Gasteiger partial charge in [-0.15, -0.1) is 0 Å². The maximum Gasteiger partial charge on any atom is 0.240 e. The van der Waals surface area contributed by atoms with Crippen molar-refractivity contribution in [3.63, 3.8) is 0 Å². The molecule has 0 fully saturated rings. The zero-order chi connectivity index (χ0) is 27.1. The monoisotopic (exact) mass is 530 g/mol. The Morgan fingerprint density at radius 3 is 2.24 bits per heavy atom. The predicted molar refractivity (Wildman–Crippen MR) is 150 cm³/mol. The van der Waals surface area contributed by atoms with E-state index in [1.165, 1.54) is 6.08 Å². The van der Waals surface area contributed by atoms with Gasteiger partial charge in [-0.1, -0.05) is 60.7 Å². The molecule has 0 aliphatic heterocycles. The highest BCUT2D eigenvalue weighted by molar-refractivity contribution is 7.92. The summed E-state index contributed by atoms with van der Waals surface area (Å²) in [5.41, 5.74) is 3.01. The van der Waals surface area contributed by atoms with Crippen molar-refractivity contribution in [2.45, 2.75) is 19.9 Å². The first kappa shape index (κ1) is 26.8. The molecule has 1 heterocycles. The lowest BCUT2D eigenvalue weighted by Crippen LogP contribution is -2.41. The minimum Gasteiger partial charge on any atom is -0.497 e. The molecular weight excluding hydrogens is 500 g/mol. The lowest BCUT2D eigenvalue weighted by Gasteiger charge is -2.23. The van der Waals surface area contributed by atoms with Crippen molar-refractivity contribution in [3.05, 3.63) is 102 Å². The number of rotatable bonds is 10. The molecule has 0 spiro atoms. The van der Waals surface area contributed by atoms with E-state index in [1.807, 2.05) is 72.8 Å². The van der Waals surface area contributed by atoms with Gasteiger partial charge in [-0.25, -0.2) is 13.1 Å². The summed E-state index contributed by atoms with van der Waals surface area (Å²) in [7, 11) is -2.27. The van der Waals surface area contributed by atoms with Gasteiger partial charge in [0, 0.05) is 23.1 Å². The van der Waals surface area contributed by atoms with E-state index in [4.69, 9.17) is 9.84 Å². The van der Waals surface area contributed by atoms with E-state index in [9.17, 15) is 13.2 Å². The largest absolute Gasteiger partial charge is 0.497 e. The van der Waals surface area contributed by atoms with Crippen LogP contribution in [-0.4, -0.2) is 48.1 Å². The molecule has 3 aromatic carbocycles. The smallest absolute Gasteiger partial charge is 0.240 e. The van der Waals surface area contributed by atoms with Gasteiger partial charge < -0.3 is 10.1 Å². The fourth-order valence-corrected chi connectivity index (χ4v) is 5.21. The summed E-state index contributed by atoms with van der Waals surface area (Å²) >= 11 is 0. The first-order chi connectivity index (χ1) is 18.3. The average Bonchev–Trinajstić information content (AvgIpc) is 3.35. The predicted octanol–water partition coefficient (Wildman–Crippen LogP) is 5.20. The number of nitrogens with one attached hydrogen (secondary N) is 1. The van der Waals surface area contributed by atoms with Crippen LogP contribution >= 0.6 is 0 Å². The van der Waals surface area contributed by atoms with Crippen LogP contribution in [0.15, 0.2) is 96.4 Å². The number of methoxy groups -OCH3 is 1. The lowest BCUT2D eigenvalue weighted by atomic mass is 10.2. The van der Waals surface area contributed by atoms with E-state index in [0.29, 0.717) is 22.9 Å². The normalized spacial score (nSPS) is 11.8. The molecule has 1 N–H and O–H groups in total. The van der Waals surface area contributed by atoms with Gasteiger partial charge in [-0.3, -0.25) is 4.79 Å². The minimum atomic E-state index is -3.86. The number of sulfonamides is 1. The molecule has 0 saturated carbocycles. The number of hydrogen-bond acceptors (Lipinski definition) is 5. The lowest BCUT2D eigenvalue weighted by molar-refractivity contribution is -0.116. The highest BCUT2D eigenvalue weighted by Crippen LogP contribution is 2.26. The molecule has 0 aliphatic carbocycles. The Labute approximate surface area is 223 Å². The maximum absolute atomic E-state index is 13.2. The summed E-state index contributed by atoms with van der Waals surface area (Å²) in [5.74, 6) is 0.626. The second kappa shape index (κ2) is 11.9. The van der Waals surface area contributed by atoms with Crippen LogP contribution in [0.25, 0.3) is 23.0 Å². The van der Waals surface area contributed by atoms with Crippen molar-refractivity contribution in [1.29, 1.82) is 0 Å². The van der Waals surface area contributed by atoms with Gasteiger partial charge in [0.05, 0.1) is 25.0 Å². The van der Waals surface area contributed by atoms with E-state index in [1.54, 1.807) is 43.8 Å². The summed E-state index contributed by atoms with van der Waals surface area (Å²) in [6.45, 7) is 3.11. The third-order valence-electron chi connectivity index (χ3n) is 5.80. The summed E-state index contributed by atoms with van der Waals surface area (Å²) in [5, 5.41) is 8.69. The Morgan fingerprint density at radius 2 is 1.63 bits per heavy atom. The van der Waals surface area contributed by atoms with Crippen LogP contribution in [0.4, 0.5) is 5.82 Å². The molecular formula is C29H30N4O4S. The summed E-state index contributed by atoms with van der Waals surface area (Å²) in [4.78, 5) is 13.2. The molecule has 1 amide bonds. The number of aromatic nitrogens is 2. The van der Waals surface area contributed by atoms with Gasteiger partial charge in [0.2, 0.25) is 15.9 Å². The van der Waals surface area contributed by atoms with Crippen molar-refractivity contribution in [2.24, 2.45) is 0 Å².